The van der Waals surface area contributed by atoms with Crippen molar-refractivity contribution in [3.63, 3.8) is 0 Å². The summed E-state index contributed by atoms with van der Waals surface area (Å²) in [6.45, 7) is 9.82. The Bertz CT molecular complexity index is 688. The van der Waals surface area contributed by atoms with Crippen LogP contribution in [0.25, 0.3) is 0 Å². The normalized spacial score (nSPS) is 21.7. The second-order valence-corrected chi connectivity index (χ2v) is 7.90. The lowest BCUT2D eigenvalue weighted by atomic mass is 10.1. The summed E-state index contributed by atoms with van der Waals surface area (Å²) in [7, 11) is 0. The monoisotopic (exact) mass is 380 g/mol. The van der Waals surface area contributed by atoms with Gasteiger partial charge in [-0.3, -0.25) is 14.8 Å². The molecule has 0 amide bonds. The fourth-order valence-corrected chi connectivity index (χ4v) is 4.20. The lowest BCUT2D eigenvalue weighted by Gasteiger charge is -2.38. The van der Waals surface area contributed by atoms with E-state index < -0.39 is 0 Å². The van der Waals surface area contributed by atoms with Gasteiger partial charge in [0.25, 0.3) is 0 Å². The molecule has 0 radical (unpaired) electrons. The van der Waals surface area contributed by atoms with E-state index in [4.69, 9.17) is 4.74 Å². The van der Waals surface area contributed by atoms with Crippen LogP contribution in [0.1, 0.15) is 18.4 Å². The van der Waals surface area contributed by atoms with Crippen LogP contribution in [0.5, 0.6) is 0 Å². The van der Waals surface area contributed by atoms with Crippen molar-refractivity contribution in [3.8, 4) is 0 Å². The van der Waals surface area contributed by atoms with Crippen molar-refractivity contribution in [2.24, 2.45) is 0 Å². The average Bonchev–Trinajstić information content (AvgIpc) is 2.78. The fourth-order valence-electron chi connectivity index (χ4n) is 4.20. The van der Waals surface area contributed by atoms with Crippen LogP contribution in [0.2, 0.25) is 0 Å². The quantitative estimate of drug-likeness (QED) is 0.737. The topological polar surface area (TPSA) is 31.8 Å². The summed E-state index contributed by atoms with van der Waals surface area (Å²) in [5.41, 5.74) is 2.52. The Hall–Kier alpha value is -1.95. The summed E-state index contributed by atoms with van der Waals surface area (Å²) < 4.78 is 6.15. The zero-order valence-corrected chi connectivity index (χ0v) is 16.7. The largest absolute Gasteiger partial charge is 0.372 e. The number of ether oxygens (including phenoxy) is 1. The van der Waals surface area contributed by atoms with Crippen molar-refractivity contribution in [2.75, 3.05) is 57.3 Å². The van der Waals surface area contributed by atoms with Gasteiger partial charge in [-0.15, -0.1) is 0 Å². The van der Waals surface area contributed by atoms with E-state index in [-0.39, 0.29) is 0 Å². The second kappa shape index (κ2) is 10.0. The van der Waals surface area contributed by atoms with Crippen LogP contribution in [0.15, 0.2) is 54.9 Å². The van der Waals surface area contributed by atoms with E-state index in [1.54, 1.807) is 0 Å². The van der Waals surface area contributed by atoms with Crippen LogP contribution in [0, 0.1) is 0 Å². The third kappa shape index (κ3) is 5.53. The molecule has 0 saturated carbocycles. The van der Waals surface area contributed by atoms with E-state index in [1.165, 1.54) is 25.1 Å². The van der Waals surface area contributed by atoms with E-state index in [9.17, 15) is 0 Å². The maximum Gasteiger partial charge on any atom is 0.0736 e. The molecule has 5 heteroatoms. The van der Waals surface area contributed by atoms with E-state index >= 15 is 0 Å². The number of likely N-dealkylation sites (tertiary alicyclic amines) is 1. The number of benzene rings is 1. The van der Waals surface area contributed by atoms with E-state index in [1.807, 2.05) is 18.5 Å². The fraction of sp³-hybridized carbons (Fsp3) is 0.522. The molecule has 2 fully saturated rings. The molecule has 2 saturated heterocycles. The zero-order valence-electron chi connectivity index (χ0n) is 16.7. The predicted octanol–water partition coefficient (Wildman–Crippen LogP) is 2.88. The van der Waals surface area contributed by atoms with Crippen LogP contribution in [-0.2, 0) is 11.3 Å². The molecule has 2 aliphatic heterocycles. The minimum absolute atomic E-state index is 0.351. The van der Waals surface area contributed by atoms with Crippen LogP contribution in [0.3, 0.4) is 0 Å². The van der Waals surface area contributed by atoms with Crippen molar-refractivity contribution < 1.29 is 4.74 Å². The molecular weight excluding hydrogens is 348 g/mol. The highest BCUT2D eigenvalue weighted by Crippen LogP contribution is 2.17. The number of piperidine rings is 1. The standard InChI is InChI=1S/C23H32N4O/c1-2-7-22(8-3-1)27-16-14-25(15-17-27)12-13-26-11-5-9-23(19-26)28-20-21-6-4-10-24-18-21/h1-4,6-8,10,18,23H,5,9,11-17,19-20H2. The Morgan fingerprint density at radius 2 is 1.71 bits per heavy atom. The summed E-state index contributed by atoms with van der Waals surface area (Å²) in [5.74, 6) is 0. The average molecular weight is 381 g/mol. The number of rotatable bonds is 7. The van der Waals surface area contributed by atoms with Gasteiger partial charge in [0.05, 0.1) is 12.7 Å². The molecule has 28 heavy (non-hydrogen) atoms. The minimum Gasteiger partial charge on any atom is -0.372 e. The Labute approximate surface area is 168 Å². The maximum atomic E-state index is 6.15. The molecule has 3 heterocycles. The summed E-state index contributed by atoms with van der Waals surface area (Å²) in [6.07, 6.45) is 6.47. The summed E-state index contributed by atoms with van der Waals surface area (Å²) in [6, 6.07) is 14.8. The summed E-state index contributed by atoms with van der Waals surface area (Å²) in [5, 5.41) is 0. The van der Waals surface area contributed by atoms with Gasteiger partial charge in [0.1, 0.15) is 0 Å². The molecule has 0 aliphatic carbocycles. The van der Waals surface area contributed by atoms with Gasteiger partial charge in [-0.05, 0) is 43.1 Å². The van der Waals surface area contributed by atoms with E-state index in [0.29, 0.717) is 12.7 Å². The van der Waals surface area contributed by atoms with Crippen molar-refractivity contribution in [2.45, 2.75) is 25.6 Å². The van der Waals surface area contributed by atoms with Crippen LogP contribution < -0.4 is 4.90 Å². The number of aromatic nitrogens is 1. The number of hydrogen-bond donors (Lipinski definition) is 0. The van der Waals surface area contributed by atoms with Gasteiger partial charge in [-0.2, -0.15) is 0 Å². The van der Waals surface area contributed by atoms with Crippen molar-refractivity contribution in [1.29, 1.82) is 0 Å². The Balaban J connectivity index is 1.16. The van der Waals surface area contributed by atoms with Gasteiger partial charge in [-0.25, -0.2) is 0 Å². The number of anilines is 1. The van der Waals surface area contributed by atoms with Crippen molar-refractivity contribution >= 4 is 5.69 Å². The lowest BCUT2D eigenvalue weighted by Crippen LogP contribution is -2.49. The first-order chi connectivity index (χ1) is 13.9. The van der Waals surface area contributed by atoms with Crippen LogP contribution in [-0.4, -0.2) is 73.2 Å². The molecule has 1 atom stereocenters. The third-order valence-corrected chi connectivity index (χ3v) is 5.90. The highest BCUT2D eigenvalue weighted by Gasteiger charge is 2.22. The van der Waals surface area contributed by atoms with Crippen molar-refractivity contribution in [3.05, 3.63) is 60.4 Å². The molecule has 0 bridgehead atoms. The first kappa shape index (κ1) is 19.4. The minimum atomic E-state index is 0.351. The van der Waals surface area contributed by atoms with Gasteiger partial charge in [-0.1, -0.05) is 24.3 Å². The number of hydrogen-bond acceptors (Lipinski definition) is 5. The molecule has 4 rings (SSSR count). The summed E-state index contributed by atoms with van der Waals surface area (Å²) in [4.78, 5) is 11.9. The van der Waals surface area contributed by atoms with Gasteiger partial charge >= 0.3 is 0 Å². The molecule has 1 aromatic heterocycles. The molecule has 1 aromatic carbocycles. The Kier molecular flexibility index (Phi) is 6.92. The number of para-hydroxylation sites is 1. The molecule has 150 valence electrons. The van der Waals surface area contributed by atoms with Crippen LogP contribution >= 0.6 is 0 Å². The Morgan fingerprint density at radius 1 is 0.893 bits per heavy atom. The highest BCUT2D eigenvalue weighted by atomic mass is 16.5. The zero-order chi connectivity index (χ0) is 19.0. The van der Waals surface area contributed by atoms with Gasteiger partial charge in [0.2, 0.25) is 0 Å². The first-order valence-corrected chi connectivity index (χ1v) is 10.6. The molecule has 0 spiro atoms. The second-order valence-electron chi connectivity index (χ2n) is 7.90. The number of pyridine rings is 1. The van der Waals surface area contributed by atoms with Gasteiger partial charge < -0.3 is 9.64 Å². The number of nitrogens with zero attached hydrogens (tertiary/aromatic N) is 4. The predicted molar refractivity (Wildman–Crippen MR) is 114 cm³/mol. The molecule has 5 nitrogen and oxygen atoms in total. The molecule has 2 aromatic rings. The number of piperazine rings is 1. The van der Waals surface area contributed by atoms with E-state index in [2.05, 4.69) is 56.1 Å². The Morgan fingerprint density at radius 3 is 2.50 bits per heavy atom. The smallest absolute Gasteiger partial charge is 0.0736 e. The molecule has 2 aliphatic rings. The SMILES string of the molecule is c1ccc(N2CCN(CCN3CCCC(OCc4cccnc4)C3)CC2)cc1. The third-order valence-electron chi connectivity index (χ3n) is 5.90. The highest BCUT2D eigenvalue weighted by molar-refractivity contribution is 5.46. The summed E-state index contributed by atoms with van der Waals surface area (Å²) >= 11 is 0. The molecular formula is C23H32N4O. The van der Waals surface area contributed by atoms with Crippen molar-refractivity contribution in [1.82, 2.24) is 14.8 Å². The van der Waals surface area contributed by atoms with Crippen LogP contribution in [0.4, 0.5) is 5.69 Å². The molecule has 0 N–H and O–H groups in total. The lowest BCUT2D eigenvalue weighted by molar-refractivity contribution is -0.0119. The van der Waals surface area contributed by atoms with Gasteiger partial charge in [0.15, 0.2) is 0 Å². The van der Waals surface area contributed by atoms with E-state index in [0.717, 1.165) is 51.4 Å². The maximum absolute atomic E-state index is 6.15. The van der Waals surface area contributed by atoms with Gasteiger partial charge in [0, 0.05) is 63.9 Å². The first-order valence-electron chi connectivity index (χ1n) is 10.6. The molecule has 1 unspecified atom stereocenters.